The van der Waals surface area contributed by atoms with Gasteiger partial charge in [0.05, 0.1) is 19.1 Å². The summed E-state index contributed by atoms with van der Waals surface area (Å²) in [5, 5.41) is 11.3. The third-order valence-corrected chi connectivity index (χ3v) is 3.02. The Morgan fingerprint density at radius 3 is 2.38 bits per heavy atom. The maximum atomic E-state index is 11.9. The number of carbonyl (C=O) groups is 2. The number of methoxy groups -OCH3 is 2. The van der Waals surface area contributed by atoms with E-state index in [0.717, 1.165) is 19.8 Å². The molecule has 0 saturated carbocycles. The van der Waals surface area contributed by atoms with Gasteiger partial charge in [-0.3, -0.25) is 10.1 Å². The summed E-state index contributed by atoms with van der Waals surface area (Å²) in [6, 6.07) is 3.17. The van der Waals surface area contributed by atoms with E-state index in [4.69, 9.17) is 0 Å². The number of esters is 2. The van der Waals surface area contributed by atoms with Crippen molar-refractivity contribution in [3.05, 3.63) is 45.3 Å². The Bertz CT molecular complexity index is 762. The molecule has 2 rings (SSSR count). The van der Waals surface area contributed by atoms with Gasteiger partial charge in [0.2, 0.25) is 0 Å². The van der Waals surface area contributed by atoms with Crippen molar-refractivity contribution < 1.29 is 24.0 Å². The second-order valence-electron chi connectivity index (χ2n) is 4.27. The minimum Gasteiger partial charge on any atom is -0.465 e. The summed E-state index contributed by atoms with van der Waals surface area (Å²) >= 11 is 0. The predicted octanol–water partition coefficient (Wildman–Crippen LogP) is 1.73. The van der Waals surface area contributed by atoms with Crippen LogP contribution in [0.1, 0.15) is 26.4 Å². The summed E-state index contributed by atoms with van der Waals surface area (Å²) in [6.07, 6.45) is 1.47. The highest BCUT2D eigenvalue weighted by molar-refractivity contribution is 6.08. The van der Waals surface area contributed by atoms with Crippen molar-refractivity contribution in [1.29, 1.82) is 0 Å². The maximum Gasteiger partial charge on any atom is 0.356 e. The van der Waals surface area contributed by atoms with E-state index >= 15 is 0 Å². The summed E-state index contributed by atoms with van der Waals surface area (Å²) in [6.45, 7) is 1.74. The molecule has 21 heavy (non-hydrogen) atoms. The minimum atomic E-state index is -0.969. The van der Waals surface area contributed by atoms with Crippen molar-refractivity contribution in [1.82, 2.24) is 4.40 Å². The minimum absolute atomic E-state index is 0.126. The lowest BCUT2D eigenvalue weighted by molar-refractivity contribution is -0.383. The molecule has 0 aliphatic heterocycles. The molecule has 0 unspecified atom stereocenters. The number of hydrogen-bond donors (Lipinski definition) is 0. The molecule has 0 bridgehead atoms. The van der Waals surface area contributed by atoms with Gasteiger partial charge < -0.3 is 13.9 Å². The number of rotatable bonds is 3. The van der Waals surface area contributed by atoms with Crippen LogP contribution in [-0.2, 0) is 9.47 Å². The van der Waals surface area contributed by atoms with Gasteiger partial charge in [0.1, 0.15) is 5.52 Å². The molecule has 0 saturated heterocycles. The number of hydrogen-bond acceptors (Lipinski definition) is 6. The zero-order chi connectivity index (χ0) is 15.7. The summed E-state index contributed by atoms with van der Waals surface area (Å²) in [5.74, 6) is -1.83. The van der Waals surface area contributed by atoms with E-state index in [1.165, 1.54) is 16.7 Å². The number of aryl methyl sites for hydroxylation is 1. The molecule has 0 radical (unpaired) electrons. The summed E-state index contributed by atoms with van der Waals surface area (Å²) < 4.78 is 10.4. The molecule has 0 N–H and O–H groups in total. The Labute approximate surface area is 119 Å². The molecular formula is C13H12N2O6. The van der Waals surface area contributed by atoms with E-state index in [2.05, 4.69) is 9.47 Å². The Hall–Kier alpha value is -2.90. The van der Waals surface area contributed by atoms with Crippen LogP contribution in [0.25, 0.3) is 5.52 Å². The fourth-order valence-corrected chi connectivity index (χ4v) is 2.12. The number of ether oxygens (including phenoxy) is 2. The fourth-order valence-electron chi connectivity index (χ4n) is 2.12. The molecule has 2 aromatic rings. The van der Waals surface area contributed by atoms with Crippen molar-refractivity contribution in [2.24, 2.45) is 0 Å². The Morgan fingerprint density at radius 2 is 1.86 bits per heavy atom. The Balaban J connectivity index is 3.00. The van der Waals surface area contributed by atoms with Gasteiger partial charge in [-0.2, -0.15) is 0 Å². The molecule has 0 aliphatic rings. The topological polar surface area (TPSA) is 100 Å². The van der Waals surface area contributed by atoms with Crippen LogP contribution in [0.5, 0.6) is 0 Å². The third-order valence-electron chi connectivity index (χ3n) is 3.02. The van der Waals surface area contributed by atoms with Gasteiger partial charge in [-0.05, 0) is 24.6 Å². The van der Waals surface area contributed by atoms with Crippen molar-refractivity contribution in [3.63, 3.8) is 0 Å². The molecule has 0 aliphatic carbocycles. The van der Waals surface area contributed by atoms with Gasteiger partial charge in [-0.25, -0.2) is 9.59 Å². The maximum absolute atomic E-state index is 11.9. The lowest BCUT2D eigenvalue weighted by atomic mass is 10.2. The van der Waals surface area contributed by atoms with Crippen molar-refractivity contribution in [3.8, 4) is 0 Å². The Morgan fingerprint density at radius 1 is 1.24 bits per heavy atom. The van der Waals surface area contributed by atoms with E-state index in [-0.39, 0.29) is 11.2 Å². The monoisotopic (exact) mass is 292 g/mol. The second kappa shape index (κ2) is 5.23. The number of aromatic nitrogens is 1. The summed E-state index contributed by atoms with van der Waals surface area (Å²) in [4.78, 5) is 34.4. The Kier molecular flexibility index (Phi) is 3.62. The molecule has 2 aromatic heterocycles. The predicted molar refractivity (Wildman–Crippen MR) is 71.5 cm³/mol. The van der Waals surface area contributed by atoms with E-state index in [9.17, 15) is 19.7 Å². The zero-order valence-corrected chi connectivity index (χ0v) is 11.6. The molecule has 0 amide bonds. The largest absolute Gasteiger partial charge is 0.465 e. The normalized spacial score (nSPS) is 10.4. The number of nitro groups is 1. The van der Waals surface area contributed by atoms with Crippen LogP contribution in [0.2, 0.25) is 0 Å². The molecule has 2 heterocycles. The van der Waals surface area contributed by atoms with Gasteiger partial charge in [0.25, 0.3) is 0 Å². The van der Waals surface area contributed by atoms with Crippen molar-refractivity contribution in [2.45, 2.75) is 6.92 Å². The average Bonchev–Trinajstić information content (AvgIpc) is 2.79. The standard InChI is InChI=1S/C13H12N2O6/c1-7-4-5-14-8(6-7)10(15(18)19)9(12(16)20-2)11(14)13(17)21-3/h4-6H,1-3H3. The van der Waals surface area contributed by atoms with E-state index in [1.807, 2.05) is 0 Å². The van der Waals surface area contributed by atoms with Crippen LogP contribution in [0.3, 0.4) is 0 Å². The molecule has 8 heteroatoms. The van der Waals surface area contributed by atoms with Crippen LogP contribution in [0, 0.1) is 17.0 Å². The van der Waals surface area contributed by atoms with Gasteiger partial charge >= 0.3 is 17.6 Å². The molecule has 0 fully saturated rings. The van der Waals surface area contributed by atoms with Gasteiger partial charge in [0.15, 0.2) is 11.3 Å². The zero-order valence-electron chi connectivity index (χ0n) is 11.6. The molecule has 0 aromatic carbocycles. The third kappa shape index (κ3) is 2.20. The van der Waals surface area contributed by atoms with E-state index in [0.29, 0.717) is 0 Å². The quantitative estimate of drug-likeness (QED) is 0.485. The SMILES string of the molecule is COC(=O)c1c([N+](=O)[O-])c2cc(C)ccn2c1C(=O)OC. The number of carbonyl (C=O) groups excluding carboxylic acids is 2. The van der Waals surface area contributed by atoms with Gasteiger partial charge in [-0.15, -0.1) is 0 Å². The van der Waals surface area contributed by atoms with Crippen molar-refractivity contribution in [2.75, 3.05) is 14.2 Å². The molecule has 0 spiro atoms. The van der Waals surface area contributed by atoms with E-state index < -0.39 is 28.1 Å². The molecule has 0 atom stereocenters. The second-order valence-corrected chi connectivity index (χ2v) is 4.27. The molecule has 8 nitrogen and oxygen atoms in total. The van der Waals surface area contributed by atoms with Crippen LogP contribution in [0.15, 0.2) is 18.3 Å². The first-order valence-corrected chi connectivity index (χ1v) is 5.88. The van der Waals surface area contributed by atoms with E-state index in [1.54, 1.807) is 13.0 Å². The van der Waals surface area contributed by atoms with Gasteiger partial charge in [-0.1, -0.05) is 0 Å². The number of nitrogens with zero attached hydrogens (tertiary/aromatic N) is 2. The lowest BCUT2D eigenvalue weighted by Crippen LogP contribution is -2.13. The van der Waals surface area contributed by atoms with Crippen LogP contribution in [-0.4, -0.2) is 35.5 Å². The first kappa shape index (κ1) is 14.5. The van der Waals surface area contributed by atoms with Crippen LogP contribution < -0.4 is 0 Å². The highest BCUT2D eigenvalue weighted by atomic mass is 16.6. The highest BCUT2D eigenvalue weighted by Gasteiger charge is 2.36. The first-order chi connectivity index (χ1) is 9.92. The fraction of sp³-hybridized carbons (Fsp3) is 0.231. The number of pyridine rings is 1. The van der Waals surface area contributed by atoms with Gasteiger partial charge in [0, 0.05) is 6.20 Å². The first-order valence-electron chi connectivity index (χ1n) is 5.88. The van der Waals surface area contributed by atoms with Crippen molar-refractivity contribution >= 4 is 23.1 Å². The summed E-state index contributed by atoms with van der Waals surface area (Å²) in [5.41, 5.74) is -0.256. The number of fused-ring (bicyclic) bond motifs is 1. The van der Waals surface area contributed by atoms with Crippen LogP contribution >= 0.6 is 0 Å². The lowest BCUT2D eigenvalue weighted by Gasteiger charge is -2.02. The molecule has 110 valence electrons. The summed E-state index contributed by atoms with van der Waals surface area (Å²) in [7, 11) is 2.21. The smallest absolute Gasteiger partial charge is 0.356 e. The molecular weight excluding hydrogens is 280 g/mol. The van der Waals surface area contributed by atoms with Crippen LogP contribution in [0.4, 0.5) is 5.69 Å². The highest BCUT2D eigenvalue weighted by Crippen LogP contribution is 2.32. The average molecular weight is 292 g/mol.